The van der Waals surface area contributed by atoms with E-state index in [4.69, 9.17) is 4.74 Å². The fourth-order valence-corrected chi connectivity index (χ4v) is 7.40. The lowest BCUT2D eigenvalue weighted by Gasteiger charge is -2.49. The summed E-state index contributed by atoms with van der Waals surface area (Å²) in [6.45, 7) is 2.03. The molecule has 1 saturated heterocycles. The van der Waals surface area contributed by atoms with Crippen LogP contribution in [0.1, 0.15) is 35.1 Å². The predicted octanol–water partition coefficient (Wildman–Crippen LogP) is 2.99. The van der Waals surface area contributed by atoms with Gasteiger partial charge in [0.2, 0.25) is 0 Å². The number of hydrogen-bond acceptors (Lipinski definition) is 7. The Morgan fingerprint density at radius 1 is 0.932 bits per heavy atom. The largest absolute Gasteiger partial charge is 0.504 e. The molecule has 11 heteroatoms. The summed E-state index contributed by atoms with van der Waals surface area (Å²) < 4.78 is 9.26. The van der Waals surface area contributed by atoms with Crippen molar-refractivity contribution in [3.63, 3.8) is 0 Å². The molecule has 4 atom stereocenters. The number of phenols is 1. The number of phenolic OH excluding ortho intramolecular Hbond substituents is 1. The lowest BCUT2D eigenvalue weighted by molar-refractivity contribution is -0.138. The van der Waals surface area contributed by atoms with Crippen molar-refractivity contribution in [2.45, 2.75) is 37.3 Å². The van der Waals surface area contributed by atoms with Crippen molar-refractivity contribution >= 4 is 17.5 Å². The first kappa shape index (κ1) is 27.5. The van der Waals surface area contributed by atoms with Crippen LogP contribution in [0, 0.1) is 12.8 Å². The Morgan fingerprint density at radius 3 is 2.36 bits per heavy atom. The van der Waals surface area contributed by atoms with Gasteiger partial charge in [0.1, 0.15) is 0 Å². The van der Waals surface area contributed by atoms with Crippen LogP contribution >= 0.6 is 0 Å². The third kappa shape index (κ3) is 3.61. The number of carbonyl (C=O) groups is 2. The first-order valence-electron chi connectivity index (χ1n) is 14.4. The molecule has 2 fully saturated rings. The third-order valence-electron chi connectivity index (χ3n) is 9.41. The molecule has 7 rings (SSSR count). The van der Waals surface area contributed by atoms with Gasteiger partial charge < -0.3 is 9.84 Å². The molecule has 0 spiro atoms. The van der Waals surface area contributed by atoms with E-state index < -0.39 is 46.5 Å². The Balaban J connectivity index is 1.52. The standard InChI is InChI=1S/C33H31N5O6/c1-19-12-14-21(15-13-19)34-37-29(40)24-18-25-22(16-17-36-31(42)35(2)32(43)38(25)36)27(23-10-7-11-26(44-3)28(23)39)33(24,30(37)41)20-8-5-4-6-9-20/h4-16,24-25,27,34,39H,17-18H2,1-3H3. The van der Waals surface area contributed by atoms with Crippen molar-refractivity contribution in [1.82, 2.24) is 18.9 Å². The third-order valence-corrected chi connectivity index (χ3v) is 9.41. The molecule has 0 radical (unpaired) electrons. The molecule has 3 heterocycles. The van der Waals surface area contributed by atoms with Crippen LogP contribution in [0.4, 0.5) is 5.69 Å². The zero-order chi connectivity index (χ0) is 30.9. The van der Waals surface area contributed by atoms with E-state index in [0.717, 1.165) is 15.1 Å². The van der Waals surface area contributed by atoms with E-state index in [1.807, 2.05) is 55.5 Å². The van der Waals surface area contributed by atoms with Crippen molar-refractivity contribution < 1.29 is 19.4 Å². The molecule has 1 aromatic heterocycles. The molecule has 4 unspecified atom stereocenters. The van der Waals surface area contributed by atoms with E-state index in [1.54, 1.807) is 30.3 Å². The summed E-state index contributed by atoms with van der Waals surface area (Å²) in [6, 6.07) is 20.8. The first-order chi connectivity index (χ1) is 21.2. The molecule has 1 saturated carbocycles. The summed E-state index contributed by atoms with van der Waals surface area (Å²) in [6.07, 6.45) is 1.94. The minimum atomic E-state index is -1.50. The number of rotatable bonds is 5. The van der Waals surface area contributed by atoms with E-state index in [9.17, 15) is 19.5 Å². The molecule has 1 aliphatic carbocycles. The number of imide groups is 1. The molecular weight excluding hydrogens is 562 g/mol. The SMILES string of the molecule is COc1cccc(C2C3=CCn4c(=O)n(C)c(=O)n4C3CC3C(=O)N(Nc4ccc(C)cc4)C(=O)C32c2ccccc2)c1O. The quantitative estimate of drug-likeness (QED) is 0.269. The second kappa shape index (κ2) is 9.87. The Labute approximate surface area is 252 Å². The highest BCUT2D eigenvalue weighted by atomic mass is 16.5. The summed E-state index contributed by atoms with van der Waals surface area (Å²) in [5, 5.41) is 12.7. The average Bonchev–Trinajstić information content (AvgIpc) is 3.39. The zero-order valence-corrected chi connectivity index (χ0v) is 24.4. The number of aryl methyl sites for hydroxylation is 1. The van der Waals surface area contributed by atoms with Gasteiger partial charge in [-0.25, -0.2) is 23.5 Å². The topological polar surface area (TPSA) is 128 Å². The summed E-state index contributed by atoms with van der Waals surface area (Å²) in [7, 11) is 2.86. The fraction of sp³-hybridized carbons (Fsp3) is 0.273. The monoisotopic (exact) mass is 593 g/mol. The van der Waals surface area contributed by atoms with E-state index in [-0.39, 0.29) is 24.5 Å². The molecule has 44 heavy (non-hydrogen) atoms. The second-order valence-corrected chi connectivity index (χ2v) is 11.6. The normalized spacial score (nSPS) is 23.9. The number of anilines is 1. The number of ether oxygens (including phenoxy) is 1. The van der Waals surface area contributed by atoms with Gasteiger partial charge in [0.15, 0.2) is 11.5 Å². The van der Waals surface area contributed by atoms with Crippen LogP contribution in [0.3, 0.4) is 0 Å². The summed E-state index contributed by atoms with van der Waals surface area (Å²) in [5.41, 5.74) is 3.80. The van der Waals surface area contributed by atoms with Gasteiger partial charge in [0.05, 0.1) is 36.7 Å². The Bertz CT molecular complexity index is 1970. The molecule has 3 aliphatic rings. The number of para-hydroxylation sites is 1. The number of hydrazine groups is 1. The van der Waals surface area contributed by atoms with E-state index in [1.165, 1.54) is 23.5 Å². The molecule has 4 aromatic rings. The number of carbonyl (C=O) groups excluding carboxylic acids is 2. The van der Waals surface area contributed by atoms with Gasteiger partial charge in [-0.05, 0) is 42.7 Å². The lowest BCUT2D eigenvalue weighted by atomic mass is 9.53. The Hall–Kier alpha value is -5.32. The number of aromatic nitrogens is 3. The first-order valence-corrected chi connectivity index (χ1v) is 14.4. The summed E-state index contributed by atoms with van der Waals surface area (Å²) >= 11 is 0. The number of hydrogen-bond donors (Lipinski definition) is 2. The van der Waals surface area contributed by atoms with E-state index in [2.05, 4.69) is 5.43 Å². The number of methoxy groups -OCH3 is 1. The summed E-state index contributed by atoms with van der Waals surface area (Å²) in [5.74, 6) is -2.74. The van der Waals surface area contributed by atoms with Gasteiger partial charge in [-0.3, -0.25) is 15.0 Å². The van der Waals surface area contributed by atoms with Crippen molar-refractivity contribution in [3.8, 4) is 11.5 Å². The van der Waals surface area contributed by atoms with Crippen LogP contribution in [0.15, 0.2) is 94.0 Å². The second-order valence-electron chi connectivity index (χ2n) is 11.6. The smallest absolute Gasteiger partial charge is 0.347 e. The van der Waals surface area contributed by atoms with Crippen LogP contribution in [-0.4, -0.2) is 43.0 Å². The lowest BCUT2D eigenvalue weighted by Crippen LogP contribution is -2.53. The molecule has 3 aromatic carbocycles. The number of aromatic hydroxyl groups is 1. The number of allylic oxidation sites excluding steroid dienone is 2. The number of nitrogens with zero attached hydrogens (tertiary/aromatic N) is 4. The Kier molecular flexibility index (Phi) is 6.17. The molecule has 0 bridgehead atoms. The maximum absolute atomic E-state index is 15.0. The number of fused-ring (bicyclic) bond motifs is 4. The van der Waals surface area contributed by atoms with Gasteiger partial charge >= 0.3 is 11.4 Å². The number of amides is 2. The zero-order valence-electron chi connectivity index (χ0n) is 24.4. The predicted molar refractivity (Wildman–Crippen MR) is 161 cm³/mol. The van der Waals surface area contributed by atoms with Crippen LogP contribution in [0.25, 0.3) is 0 Å². The minimum absolute atomic E-state index is 0.0853. The molecule has 11 nitrogen and oxygen atoms in total. The van der Waals surface area contributed by atoms with Crippen molar-refractivity contribution in [3.05, 3.63) is 122 Å². The molecular formula is C33H31N5O6. The fourth-order valence-electron chi connectivity index (χ4n) is 7.40. The van der Waals surface area contributed by atoms with Gasteiger partial charge in [-0.15, -0.1) is 0 Å². The average molecular weight is 594 g/mol. The van der Waals surface area contributed by atoms with Gasteiger partial charge in [0.25, 0.3) is 11.8 Å². The van der Waals surface area contributed by atoms with Crippen LogP contribution in [0.5, 0.6) is 11.5 Å². The van der Waals surface area contributed by atoms with Crippen molar-refractivity contribution in [2.24, 2.45) is 13.0 Å². The van der Waals surface area contributed by atoms with Gasteiger partial charge in [0, 0.05) is 18.5 Å². The maximum Gasteiger partial charge on any atom is 0.347 e. The van der Waals surface area contributed by atoms with Crippen molar-refractivity contribution in [2.75, 3.05) is 12.5 Å². The highest BCUT2D eigenvalue weighted by Crippen LogP contribution is 2.63. The highest BCUT2D eigenvalue weighted by molar-refractivity contribution is 6.12. The highest BCUT2D eigenvalue weighted by Gasteiger charge is 2.69. The molecule has 2 amide bonds. The van der Waals surface area contributed by atoms with Gasteiger partial charge in [-0.2, -0.15) is 5.01 Å². The van der Waals surface area contributed by atoms with E-state index >= 15 is 4.79 Å². The molecule has 2 N–H and O–H groups in total. The van der Waals surface area contributed by atoms with Gasteiger partial charge in [-0.1, -0.05) is 66.2 Å². The number of benzene rings is 3. The van der Waals surface area contributed by atoms with Crippen molar-refractivity contribution in [1.29, 1.82) is 0 Å². The summed E-state index contributed by atoms with van der Waals surface area (Å²) in [4.78, 5) is 56.0. The van der Waals surface area contributed by atoms with Crippen LogP contribution < -0.4 is 21.5 Å². The maximum atomic E-state index is 15.0. The number of nitrogens with one attached hydrogen (secondary N) is 1. The molecule has 224 valence electrons. The van der Waals surface area contributed by atoms with Crippen LogP contribution in [-0.2, 0) is 28.6 Å². The Morgan fingerprint density at radius 2 is 1.66 bits per heavy atom. The minimum Gasteiger partial charge on any atom is -0.504 e. The van der Waals surface area contributed by atoms with E-state index in [0.29, 0.717) is 22.4 Å². The molecule has 2 aliphatic heterocycles. The van der Waals surface area contributed by atoms with Crippen LogP contribution in [0.2, 0.25) is 0 Å².